The van der Waals surface area contributed by atoms with Crippen molar-refractivity contribution in [3.8, 4) is 0 Å². The number of rotatable bonds is 7. The molecule has 1 aromatic carbocycles. The van der Waals surface area contributed by atoms with Crippen molar-refractivity contribution in [3.05, 3.63) is 29.8 Å². The molecule has 0 spiro atoms. The molecule has 1 saturated carbocycles. The van der Waals surface area contributed by atoms with E-state index in [-0.39, 0.29) is 17.7 Å². The molecule has 0 atom stereocenters. The molecule has 0 aliphatic heterocycles. The Morgan fingerprint density at radius 1 is 0.960 bits per heavy atom. The molecule has 1 aromatic rings. The second-order valence-corrected chi connectivity index (χ2v) is 7.23. The fourth-order valence-electron chi connectivity index (χ4n) is 3.61. The number of carbonyl (C=O) groups is 2. The van der Waals surface area contributed by atoms with Gasteiger partial charge in [0, 0.05) is 30.6 Å². The maximum Gasteiger partial charge on any atom is 0.227 e. The number of hydrogen-bond acceptors (Lipinski definition) is 2. The van der Waals surface area contributed by atoms with Crippen LogP contribution in [0.1, 0.15) is 57.9 Å². The Labute approximate surface area is 152 Å². The predicted octanol–water partition coefficient (Wildman–Crippen LogP) is 4.39. The largest absolute Gasteiger partial charge is 0.342 e. The van der Waals surface area contributed by atoms with E-state index in [1.165, 1.54) is 5.56 Å². The van der Waals surface area contributed by atoms with Crippen LogP contribution < -0.4 is 5.32 Å². The summed E-state index contributed by atoms with van der Waals surface area (Å²) in [5.41, 5.74) is 2.03. The average Bonchev–Trinajstić information content (AvgIpc) is 2.63. The summed E-state index contributed by atoms with van der Waals surface area (Å²) in [5, 5.41) is 3.01. The molecule has 1 N–H and O–H groups in total. The highest BCUT2D eigenvalue weighted by Crippen LogP contribution is 2.31. The van der Waals surface area contributed by atoms with Gasteiger partial charge in [0.25, 0.3) is 0 Å². The van der Waals surface area contributed by atoms with Crippen molar-refractivity contribution < 1.29 is 9.59 Å². The van der Waals surface area contributed by atoms with Crippen LogP contribution >= 0.6 is 0 Å². The van der Waals surface area contributed by atoms with E-state index in [9.17, 15) is 9.59 Å². The van der Waals surface area contributed by atoms with Crippen LogP contribution in [0.3, 0.4) is 0 Å². The third-order valence-corrected chi connectivity index (χ3v) is 5.07. The van der Waals surface area contributed by atoms with Crippen LogP contribution in [0.5, 0.6) is 0 Å². The zero-order chi connectivity index (χ0) is 18.2. The number of aryl methyl sites for hydroxylation is 1. The van der Waals surface area contributed by atoms with E-state index in [0.29, 0.717) is 5.91 Å². The number of amides is 2. The van der Waals surface area contributed by atoms with E-state index < -0.39 is 0 Å². The van der Waals surface area contributed by atoms with Crippen LogP contribution in [-0.2, 0) is 9.59 Å². The predicted molar refractivity (Wildman–Crippen MR) is 102 cm³/mol. The monoisotopic (exact) mass is 344 g/mol. The summed E-state index contributed by atoms with van der Waals surface area (Å²) in [6, 6.07) is 7.88. The van der Waals surface area contributed by atoms with Crippen LogP contribution in [0.2, 0.25) is 0 Å². The Morgan fingerprint density at radius 3 is 2.00 bits per heavy atom. The summed E-state index contributed by atoms with van der Waals surface area (Å²) in [5.74, 6) is 0.507. The Bertz CT molecular complexity index is 554. The van der Waals surface area contributed by atoms with Crippen LogP contribution in [0.25, 0.3) is 0 Å². The van der Waals surface area contributed by atoms with Gasteiger partial charge in [-0.1, -0.05) is 31.5 Å². The lowest BCUT2D eigenvalue weighted by atomic mass is 9.80. The first-order chi connectivity index (χ1) is 12.0. The van der Waals surface area contributed by atoms with Crippen molar-refractivity contribution in [1.82, 2.24) is 4.90 Å². The third kappa shape index (κ3) is 5.58. The van der Waals surface area contributed by atoms with Gasteiger partial charge in [0.15, 0.2) is 0 Å². The van der Waals surface area contributed by atoms with Gasteiger partial charge in [0.2, 0.25) is 11.8 Å². The highest BCUT2D eigenvalue weighted by Gasteiger charge is 2.31. The molecule has 0 bridgehead atoms. The van der Waals surface area contributed by atoms with Crippen molar-refractivity contribution in [2.45, 2.75) is 59.3 Å². The van der Waals surface area contributed by atoms with Gasteiger partial charge in [0.05, 0.1) is 0 Å². The van der Waals surface area contributed by atoms with Crippen LogP contribution in [0, 0.1) is 18.8 Å². The number of hydrogen-bond donors (Lipinski definition) is 1. The number of nitrogens with one attached hydrogen (secondary N) is 1. The minimum absolute atomic E-state index is 0.0242. The van der Waals surface area contributed by atoms with Crippen molar-refractivity contribution in [3.63, 3.8) is 0 Å². The van der Waals surface area contributed by atoms with Gasteiger partial charge in [0.1, 0.15) is 0 Å². The topological polar surface area (TPSA) is 49.4 Å². The molecule has 4 heteroatoms. The first-order valence-corrected chi connectivity index (χ1v) is 9.71. The lowest BCUT2D eigenvalue weighted by molar-refractivity contribution is -0.138. The molecule has 2 amide bonds. The third-order valence-electron chi connectivity index (χ3n) is 5.07. The summed E-state index contributed by atoms with van der Waals surface area (Å²) in [6.07, 6.45) is 5.27. The normalized spacial score (nSPS) is 20.1. The second-order valence-electron chi connectivity index (χ2n) is 7.23. The lowest BCUT2D eigenvalue weighted by Gasteiger charge is -2.31. The van der Waals surface area contributed by atoms with Gasteiger partial charge in [-0.25, -0.2) is 0 Å². The van der Waals surface area contributed by atoms with E-state index in [1.54, 1.807) is 0 Å². The van der Waals surface area contributed by atoms with Crippen molar-refractivity contribution in [1.29, 1.82) is 0 Å². The zero-order valence-corrected chi connectivity index (χ0v) is 15.9. The standard InChI is InChI=1S/C21H32N2O2/c1-4-14-23(15-5-2)21(25)18-10-8-17(9-11-18)20(24)22-19-12-6-16(3)7-13-19/h6-7,12-13,17-18H,4-5,8-11,14-15H2,1-3H3,(H,22,24). The number of anilines is 1. The molecular formula is C21H32N2O2. The van der Waals surface area contributed by atoms with Gasteiger partial charge in [-0.05, 0) is 57.6 Å². The van der Waals surface area contributed by atoms with Crippen LogP contribution in [-0.4, -0.2) is 29.8 Å². The van der Waals surface area contributed by atoms with Gasteiger partial charge in [-0.15, -0.1) is 0 Å². The van der Waals surface area contributed by atoms with Gasteiger partial charge in [-0.2, -0.15) is 0 Å². The Kier molecular flexibility index (Phi) is 7.48. The summed E-state index contributed by atoms with van der Waals surface area (Å²) in [4.78, 5) is 27.2. The summed E-state index contributed by atoms with van der Waals surface area (Å²) in [7, 11) is 0. The number of carbonyl (C=O) groups excluding carboxylic acids is 2. The Balaban J connectivity index is 1.84. The molecule has 138 valence electrons. The molecule has 1 aliphatic rings. The maximum atomic E-state index is 12.7. The van der Waals surface area contributed by atoms with Crippen molar-refractivity contribution in [2.24, 2.45) is 11.8 Å². The molecule has 1 aliphatic carbocycles. The zero-order valence-electron chi connectivity index (χ0n) is 15.9. The first kappa shape index (κ1) is 19.5. The Morgan fingerprint density at radius 2 is 1.48 bits per heavy atom. The van der Waals surface area contributed by atoms with Crippen molar-refractivity contribution >= 4 is 17.5 Å². The fraction of sp³-hybridized carbons (Fsp3) is 0.619. The molecule has 2 rings (SSSR count). The molecule has 4 nitrogen and oxygen atoms in total. The number of benzene rings is 1. The van der Waals surface area contributed by atoms with E-state index in [4.69, 9.17) is 0 Å². The molecule has 0 radical (unpaired) electrons. The molecule has 0 heterocycles. The molecule has 25 heavy (non-hydrogen) atoms. The van der Waals surface area contributed by atoms with Crippen LogP contribution in [0.4, 0.5) is 5.69 Å². The van der Waals surface area contributed by atoms with E-state index >= 15 is 0 Å². The minimum atomic E-state index is 0.0242. The second kappa shape index (κ2) is 9.59. The maximum absolute atomic E-state index is 12.7. The summed E-state index contributed by atoms with van der Waals surface area (Å²) < 4.78 is 0. The van der Waals surface area contributed by atoms with E-state index in [1.807, 2.05) is 36.1 Å². The highest BCUT2D eigenvalue weighted by molar-refractivity contribution is 5.92. The summed E-state index contributed by atoms with van der Waals surface area (Å²) >= 11 is 0. The van der Waals surface area contributed by atoms with Gasteiger partial charge in [-0.3, -0.25) is 9.59 Å². The quantitative estimate of drug-likeness (QED) is 0.797. The molecule has 1 fully saturated rings. The van der Waals surface area contributed by atoms with Gasteiger partial charge < -0.3 is 10.2 Å². The van der Waals surface area contributed by atoms with E-state index in [0.717, 1.165) is 57.3 Å². The molecule has 0 saturated heterocycles. The SMILES string of the molecule is CCCN(CCC)C(=O)C1CCC(C(=O)Nc2ccc(C)cc2)CC1. The minimum Gasteiger partial charge on any atom is -0.342 e. The van der Waals surface area contributed by atoms with Gasteiger partial charge >= 0.3 is 0 Å². The Hall–Kier alpha value is -1.84. The summed E-state index contributed by atoms with van der Waals surface area (Å²) in [6.45, 7) is 7.95. The highest BCUT2D eigenvalue weighted by atomic mass is 16.2. The van der Waals surface area contributed by atoms with E-state index in [2.05, 4.69) is 19.2 Å². The lowest BCUT2D eigenvalue weighted by Crippen LogP contribution is -2.39. The number of nitrogens with zero attached hydrogens (tertiary/aromatic N) is 1. The first-order valence-electron chi connectivity index (χ1n) is 9.71. The smallest absolute Gasteiger partial charge is 0.227 e. The fourth-order valence-corrected chi connectivity index (χ4v) is 3.61. The van der Waals surface area contributed by atoms with Crippen molar-refractivity contribution in [2.75, 3.05) is 18.4 Å². The molecular weight excluding hydrogens is 312 g/mol. The molecule has 0 unspecified atom stereocenters. The van der Waals surface area contributed by atoms with Crippen LogP contribution in [0.15, 0.2) is 24.3 Å². The average molecular weight is 344 g/mol. The molecule has 0 aromatic heterocycles.